The summed E-state index contributed by atoms with van der Waals surface area (Å²) >= 11 is 0. The molecular weight excluding hydrogens is 436 g/mol. The van der Waals surface area contributed by atoms with E-state index in [9.17, 15) is 26.3 Å². The number of hydrogen-bond acceptors (Lipinski definition) is 3. The van der Waals surface area contributed by atoms with Gasteiger partial charge in [0.1, 0.15) is 0 Å². The van der Waals surface area contributed by atoms with Crippen molar-refractivity contribution in [2.75, 3.05) is 19.7 Å². The number of alkyl halides is 6. The number of rotatable bonds is 5. The van der Waals surface area contributed by atoms with E-state index in [1.165, 1.54) is 18.2 Å². The van der Waals surface area contributed by atoms with Gasteiger partial charge in [-0.3, -0.25) is 0 Å². The molecule has 166 valence electrons. The van der Waals surface area contributed by atoms with E-state index < -0.39 is 23.9 Å². The molecule has 0 spiro atoms. The van der Waals surface area contributed by atoms with Crippen LogP contribution >= 0.6 is 12.4 Å². The highest BCUT2D eigenvalue weighted by Gasteiger charge is 2.35. The smallest absolute Gasteiger partial charge is 0.489 e. The Morgan fingerprint density at radius 3 is 2.20 bits per heavy atom. The van der Waals surface area contributed by atoms with Gasteiger partial charge in [-0.1, -0.05) is 24.3 Å². The zero-order valence-electron chi connectivity index (χ0n) is 15.6. The minimum absolute atomic E-state index is 0. The Morgan fingerprint density at radius 1 is 0.900 bits per heavy atom. The fraction of sp³-hybridized carbons (Fsp3) is 0.400. The maximum absolute atomic E-state index is 13.3. The van der Waals surface area contributed by atoms with Gasteiger partial charge in [-0.15, -0.1) is 25.6 Å². The Hall–Kier alpha value is -2.13. The molecule has 0 radical (unpaired) electrons. The summed E-state index contributed by atoms with van der Waals surface area (Å²) < 4.78 is 87.7. The quantitative estimate of drug-likeness (QED) is 0.555. The fourth-order valence-electron chi connectivity index (χ4n) is 3.24. The van der Waals surface area contributed by atoms with Gasteiger partial charge in [0, 0.05) is 0 Å². The molecule has 2 aromatic carbocycles. The Kier molecular flexibility index (Phi) is 7.87. The molecule has 1 N–H and O–H groups in total. The van der Waals surface area contributed by atoms with E-state index in [0.29, 0.717) is 0 Å². The molecule has 3 nitrogen and oxygen atoms in total. The van der Waals surface area contributed by atoms with E-state index in [1.54, 1.807) is 0 Å². The van der Waals surface area contributed by atoms with E-state index in [-0.39, 0.29) is 41.8 Å². The van der Waals surface area contributed by atoms with Crippen molar-refractivity contribution in [1.82, 2.24) is 5.32 Å². The normalized spacial score (nSPS) is 15.4. The molecule has 0 saturated carbocycles. The summed E-state index contributed by atoms with van der Waals surface area (Å²) in [6.45, 7) is 1.71. The topological polar surface area (TPSA) is 30.5 Å². The van der Waals surface area contributed by atoms with Crippen LogP contribution in [-0.4, -0.2) is 26.1 Å². The number of piperidine rings is 1. The predicted octanol–water partition coefficient (Wildman–Crippen LogP) is 6.07. The average Bonchev–Trinajstić information content (AvgIpc) is 2.66. The van der Waals surface area contributed by atoms with Crippen LogP contribution in [0.4, 0.5) is 26.3 Å². The van der Waals surface area contributed by atoms with Crippen LogP contribution in [0.15, 0.2) is 42.5 Å². The Bertz CT molecular complexity index is 835. The second-order valence-corrected chi connectivity index (χ2v) is 6.76. The second-order valence-electron chi connectivity index (χ2n) is 6.76. The van der Waals surface area contributed by atoms with Crippen LogP contribution in [0.1, 0.15) is 18.4 Å². The SMILES string of the molecule is Cl.FC(F)(F)Oc1ccc(-c2ccccc2C(F)(F)F)cc1OCC1CCNCC1. The van der Waals surface area contributed by atoms with Gasteiger partial charge in [0.05, 0.1) is 12.2 Å². The number of halogens is 7. The van der Waals surface area contributed by atoms with Crippen LogP contribution in [0.5, 0.6) is 11.5 Å². The largest absolute Gasteiger partial charge is 0.573 e. The zero-order valence-corrected chi connectivity index (χ0v) is 16.5. The van der Waals surface area contributed by atoms with E-state index in [1.807, 2.05) is 0 Å². The van der Waals surface area contributed by atoms with Gasteiger partial charge in [0.2, 0.25) is 0 Å². The standard InChI is InChI=1S/C20H19F6NO2.ClH/c21-19(22,23)16-4-2-1-3-15(16)14-5-6-17(29-20(24,25)26)18(11-14)28-12-13-7-9-27-10-8-13;/h1-6,11,13,27H,7-10,12H2;1H. The summed E-state index contributed by atoms with van der Waals surface area (Å²) in [5.41, 5.74) is -0.938. The monoisotopic (exact) mass is 455 g/mol. The molecule has 1 heterocycles. The van der Waals surface area contributed by atoms with Crippen molar-refractivity contribution >= 4 is 12.4 Å². The number of benzene rings is 2. The molecule has 3 rings (SSSR count). The van der Waals surface area contributed by atoms with Crippen molar-refractivity contribution in [2.24, 2.45) is 5.92 Å². The van der Waals surface area contributed by atoms with Crippen molar-refractivity contribution in [3.63, 3.8) is 0 Å². The fourth-order valence-corrected chi connectivity index (χ4v) is 3.24. The highest BCUT2D eigenvalue weighted by atomic mass is 35.5. The first-order chi connectivity index (χ1) is 13.6. The maximum atomic E-state index is 13.3. The van der Waals surface area contributed by atoms with Gasteiger partial charge < -0.3 is 14.8 Å². The van der Waals surface area contributed by atoms with Crippen molar-refractivity contribution in [3.8, 4) is 22.6 Å². The molecule has 30 heavy (non-hydrogen) atoms. The number of hydrogen-bond donors (Lipinski definition) is 1. The van der Waals surface area contributed by atoms with Crippen LogP contribution in [0.3, 0.4) is 0 Å². The molecule has 0 amide bonds. The van der Waals surface area contributed by atoms with E-state index in [4.69, 9.17) is 4.74 Å². The third kappa shape index (κ3) is 6.43. The third-order valence-electron chi connectivity index (χ3n) is 4.65. The summed E-state index contributed by atoms with van der Waals surface area (Å²) in [4.78, 5) is 0. The minimum Gasteiger partial charge on any atom is -0.489 e. The highest BCUT2D eigenvalue weighted by molar-refractivity contribution is 5.85. The molecule has 0 aromatic heterocycles. The lowest BCUT2D eigenvalue weighted by Gasteiger charge is -2.23. The molecule has 1 saturated heterocycles. The first-order valence-corrected chi connectivity index (χ1v) is 9.03. The van der Waals surface area contributed by atoms with Gasteiger partial charge >= 0.3 is 12.5 Å². The second kappa shape index (κ2) is 9.78. The van der Waals surface area contributed by atoms with Gasteiger partial charge in [-0.05, 0) is 61.2 Å². The molecule has 0 unspecified atom stereocenters. The first-order valence-electron chi connectivity index (χ1n) is 9.03. The summed E-state index contributed by atoms with van der Waals surface area (Å²) in [6.07, 6.45) is -7.95. The Labute approximate surface area is 175 Å². The molecule has 1 aliphatic heterocycles. The minimum atomic E-state index is -4.95. The lowest BCUT2D eigenvalue weighted by atomic mass is 9.98. The lowest BCUT2D eigenvalue weighted by Crippen LogP contribution is -2.30. The predicted molar refractivity (Wildman–Crippen MR) is 102 cm³/mol. The van der Waals surface area contributed by atoms with Crippen LogP contribution in [0.2, 0.25) is 0 Å². The lowest BCUT2D eigenvalue weighted by molar-refractivity contribution is -0.275. The van der Waals surface area contributed by atoms with Crippen LogP contribution in [0, 0.1) is 5.92 Å². The molecule has 0 aliphatic carbocycles. The highest BCUT2D eigenvalue weighted by Crippen LogP contribution is 2.41. The molecule has 0 bridgehead atoms. The summed E-state index contributed by atoms with van der Waals surface area (Å²) in [7, 11) is 0. The maximum Gasteiger partial charge on any atom is 0.573 e. The Morgan fingerprint density at radius 2 is 1.57 bits per heavy atom. The summed E-state index contributed by atoms with van der Waals surface area (Å²) in [5, 5.41) is 3.17. The van der Waals surface area contributed by atoms with Crippen LogP contribution < -0.4 is 14.8 Å². The Balaban J connectivity index is 0.00000320. The van der Waals surface area contributed by atoms with Gasteiger partial charge in [-0.2, -0.15) is 13.2 Å². The first kappa shape index (κ1) is 24.1. The molecule has 1 fully saturated rings. The summed E-state index contributed by atoms with van der Waals surface area (Å²) in [5.74, 6) is -0.684. The van der Waals surface area contributed by atoms with Gasteiger partial charge in [-0.25, -0.2) is 0 Å². The zero-order chi connectivity index (χ0) is 21.1. The molecular formula is C20H20ClF6NO2. The van der Waals surface area contributed by atoms with Crippen molar-refractivity contribution < 1.29 is 35.8 Å². The van der Waals surface area contributed by atoms with Crippen molar-refractivity contribution in [2.45, 2.75) is 25.4 Å². The van der Waals surface area contributed by atoms with E-state index in [2.05, 4.69) is 10.1 Å². The van der Waals surface area contributed by atoms with E-state index in [0.717, 1.165) is 50.2 Å². The molecule has 0 atom stereocenters. The van der Waals surface area contributed by atoms with Gasteiger partial charge in [0.25, 0.3) is 0 Å². The van der Waals surface area contributed by atoms with Crippen molar-refractivity contribution in [3.05, 3.63) is 48.0 Å². The van der Waals surface area contributed by atoms with Crippen molar-refractivity contribution in [1.29, 1.82) is 0 Å². The van der Waals surface area contributed by atoms with Gasteiger partial charge in [0.15, 0.2) is 11.5 Å². The molecule has 10 heteroatoms. The average molecular weight is 456 g/mol. The summed E-state index contributed by atoms with van der Waals surface area (Å²) in [6, 6.07) is 8.16. The van der Waals surface area contributed by atoms with Crippen LogP contribution in [0.25, 0.3) is 11.1 Å². The molecule has 2 aromatic rings. The molecule has 1 aliphatic rings. The third-order valence-corrected chi connectivity index (χ3v) is 4.65. The van der Waals surface area contributed by atoms with E-state index >= 15 is 0 Å². The number of nitrogens with one attached hydrogen (secondary N) is 1. The van der Waals surface area contributed by atoms with Crippen LogP contribution in [-0.2, 0) is 6.18 Å². The number of ether oxygens (including phenoxy) is 2.